The lowest BCUT2D eigenvalue weighted by molar-refractivity contribution is 0.577. The molecule has 0 aliphatic heterocycles. The van der Waals surface area contributed by atoms with Crippen molar-refractivity contribution >= 4 is 0 Å². The van der Waals surface area contributed by atoms with Crippen LogP contribution in [-0.4, -0.2) is 15.0 Å². The Bertz CT molecular complexity index is 495. The molecule has 0 saturated carbocycles. The third-order valence-electron chi connectivity index (χ3n) is 2.67. The van der Waals surface area contributed by atoms with E-state index in [0.717, 1.165) is 12.1 Å². The standard InChI is InChI=1S/C12H15FN4/c1-2-11(14)12-8-17(16-15-12)7-9-5-3-4-6-10(9)13/h3-6,8,11H,2,7,14H2,1H3. The van der Waals surface area contributed by atoms with Crippen LogP contribution in [0.15, 0.2) is 30.5 Å². The van der Waals surface area contributed by atoms with Crippen LogP contribution >= 0.6 is 0 Å². The topological polar surface area (TPSA) is 56.7 Å². The molecule has 1 atom stereocenters. The van der Waals surface area contributed by atoms with E-state index in [0.29, 0.717) is 12.1 Å². The first-order chi connectivity index (χ1) is 8.20. The van der Waals surface area contributed by atoms with Gasteiger partial charge in [0.1, 0.15) is 5.82 Å². The molecule has 1 aromatic carbocycles. The Labute approximate surface area is 99.2 Å². The molecule has 0 saturated heterocycles. The zero-order valence-electron chi connectivity index (χ0n) is 9.68. The largest absolute Gasteiger partial charge is 0.323 e. The number of aromatic nitrogens is 3. The summed E-state index contributed by atoms with van der Waals surface area (Å²) in [7, 11) is 0. The molecule has 4 nitrogen and oxygen atoms in total. The van der Waals surface area contributed by atoms with Crippen molar-refractivity contribution < 1.29 is 4.39 Å². The third-order valence-corrected chi connectivity index (χ3v) is 2.67. The summed E-state index contributed by atoms with van der Waals surface area (Å²) in [5, 5.41) is 7.92. The number of nitrogens with zero attached hydrogens (tertiary/aromatic N) is 3. The first-order valence-electron chi connectivity index (χ1n) is 5.59. The average molecular weight is 234 g/mol. The molecule has 90 valence electrons. The molecule has 0 fully saturated rings. The lowest BCUT2D eigenvalue weighted by Gasteiger charge is -2.03. The zero-order chi connectivity index (χ0) is 12.3. The van der Waals surface area contributed by atoms with Crippen molar-refractivity contribution in [3.05, 3.63) is 47.5 Å². The second kappa shape index (κ2) is 5.05. The minimum atomic E-state index is -0.232. The number of nitrogens with two attached hydrogens (primary N) is 1. The van der Waals surface area contributed by atoms with Crippen LogP contribution in [0.3, 0.4) is 0 Å². The molecule has 0 radical (unpaired) electrons. The third kappa shape index (κ3) is 2.68. The van der Waals surface area contributed by atoms with Gasteiger partial charge in [0.25, 0.3) is 0 Å². The normalized spacial score (nSPS) is 12.6. The lowest BCUT2D eigenvalue weighted by atomic mass is 10.2. The number of rotatable bonds is 4. The maximum Gasteiger partial charge on any atom is 0.128 e. The molecule has 17 heavy (non-hydrogen) atoms. The minimum Gasteiger partial charge on any atom is -0.323 e. The fourth-order valence-electron chi connectivity index (χ4n) is 1.57. The number of halogens is 1. The van der Waals surface area contributed by atoms with Crippen LogP contribution in [0.25, 0.3) is 0 Å². The molecule has 1 aromatic heterocycles. The molecule has 0 aliphatic rings. The van der Waals surface area contributed by atoms with Gasteiger partial charge in [0.05, 0.1) is 24.5 Å². The van der Waals surface area contributed by atoms with E-state index in [9.17, 15) is 4.39 Å². The van der Waals surface area contributed by atoms with Crippen molar-refractivity contribution in [2.75, 3.05) is 0 Å². The summed E-state index contributed by atoms with van der Waals surface area (Å²) in [5.41, 5.74) is 7.17. The summed E-state index contributed by atoms with van der Waals surface area (Å²) < 4.78 is 15.0. The second-order valence-corrected chi connectivity index (χ2v) is 3.95. The van der Waals surface area contributed by atoms with Gasteiger partial charge in [-0.3, -0.25) is 0 Å². The van der Waals surface area contributed by atoms with Crippen LogP contribution in [0, 0.1) is 5.82 Å². The van der Waals surface area contributed by atoms with Crippen molar-refractivity contribution in [1.82, 2.24) is 15.0 Å². The van der Waals surface area contributed by atoms with Gasteiger partial charge in [-0.1, -0.05) is 30.3 Å². The first-order valence-corrected chi connectivity index (χ1v) is 5.59. The second-order valence-electron chi connectivity index (χ2n) is 3.95. The average Bonchev–Trinajstić information content (AvgIpc) is 2.80. The molecular formula is C12H15FN4. The molecule has 0 amide bonds. The van der Waals surface area contributed by atoms with E-state index < -0.39 is 0 Å². The summed E-state index contributed by atoms with van der Waals surface area (Å²) in [5.74, 6) is -0.232. The summed E-state index contributed by atoms with van der Waals surface area (Å²) in [6.45, 7) is 2.36. The van der Waals surface area contributed by atoms with Crippen molar-refractivity contribution in [2.24, 2.45) is 5.73 Å². The monoisotopic (exact) mass is 234 g/mol. The molecule has 2 N–H and O–H groups in total. The molecule has 2 rings (SSSR count). The predicted molar refractivity (Wildman–Crippen MR) is 62.7 cm³/mol. The van der Waals surface area contributed by atoms with Crippen LogP contribution < -0.4 is 5.73 Å². The van der Waals surface area contributed by atoms with Gasteiger partial charge >= 0.3 is 0 Å². The zero-order valence-corrected chi connectivity index (χ0v) is 9.68. The molecule has 1 unspecified atom stereocenters. The minimum absolute atomic E-state index is 0.107. The fourth-order valence-corrected chi connectivity index (χ4v) is 1.57. The van der Waals surface area contributed by atoms with Gasteiger partial charge in [0.2, 0.25) is 0 Å². The van der Waals surface area contributed by atoms with E-state index in [1.807, 2.05) is 6.92 Å². The van der Waals surface area contributed by atoms with E-state index >= 15 is 0 Å². The summed E-state index contributed by atoms with van der Waals surface area (Å²) in [6, 6.07) is 6.53. The Morgan fingerprint density at radius 2 is 2.18 bits per heavy atom. The maximum atomic E-state index is 13.4. The summed E-state index contributed by atoms with van der Waals surface area (Å²) in [6.07, 6.45) is 2.57. The van der Waals surface area contributed by atoms with Crippen LogP contribution in [-0.2, 0) is 6.54 Å². The highest BCUT2D eigenvalue weighted by atomic mass is 19.1. The Hall–Kier alpha value is -1.75. The Balaban J connectivity index is 2.14. The van der Waals surface area contributed by atoms with Gasteiger partial charge in [-0.25, -0.2) is 9.07 Å². The lowest BCUT2D eigenvalue weighted by Crippen LogP contribution is -2.08. The highest BCUT2D eigenvalue weighted by molar-refractivity contribution is 5.17. The van der Waals surface area contributed by atoms with Gasteiger partial charge in [0.15, 0.2) is 0 Å². The summed E-state index contributed by atoms with van der Waals surface area (Å²) in [4.78, 5) is 0. The van der Waals surface area contributed by atoms with Gasteiger partial charge in [-0.05, 0) is 12.5 Å². The Morgan fingerprint density at radius 1 is 1.41 bits per heavy atom. The van der Waals surface area contributed by atoms with Crippen molar-refractivity contribution in [1.29, 1.82) is 0 Å². The molecule has 1 heterocycles. The maximum absolute atomic E-state index is 13.4. The van der Waals surface area contributed by atoms with Crippen molar-refractivity contribution in [3.63, 3.8) is 0 Å². The summed E-state index contributed by atoms with van der Waals surface area (Å²) >= 11 is 0. The van der Waals surface area contributed by atoms with E-state index in [1.54, 1.807) is 29.1 Å². The molecule has 2 aromatic rings. The van der Waals surface area contributed by atoms with Crippen LogP contribution in [0.5, 0.6) is 0 Å². The smallest absolute Gasteiger partial charge is 0.128 e. The SMILES string of the molecule is CCC(N)c1cn(Cc2ccccc2F)nn1. The first kappa shape index (κ1) is 11.7. The molecule has 0 spiro atoms. The van der Waals surface area contributed by atoms with Gasteiger partial charge in [0, 0.05) is 5.56 Å². The number of hydrogen-bond donors (Lipinski definition) is 1. The molecule has 5 heteroatoms. The Kier molecular flexibility index (Phi) is 3.49. The van der Waals surface area contributed by atoms with E-state index in [2.05, 4.69) is 10.3 Å². The number of hydrogen-bond acceptors (Lipinski definition) is 3. The van der Waals surface area contributed by atoms with Crippen LogP contribution in [0.2, 0.25) is 0 Å². The van der Waals surface area contributed by atoms with Crippen LogP contribution in [0.4, 0.5) is 4.39 Å². The molecular weight excluding hydrogens is 219 g/mol. The highest BCUT2D eigenvalue weighted by Crippen LogP contribution is 2.11. The molecule has 0 bridgehead atoms. The van der Waals surface area contributed by atoms with Crippen LogP contribution in [0.1, 0.15) is 30.6 Å². The van der Waals surface area contributed by atoms with E-state index in [-0.39, 0.29) is 11.9 Å². The van der Waals surface area contributed by atoms with E-state index in [1.165, 1.54) is 6.07 Å². The predicted octanol–water partition coefficient (Wildman–Crippen LogP) is 1.88. The van der Waals surface area contributed by atoms with Crippen molar-refractivity contribution in [3.8, 4) is 0 Å². The van der Waals surface area contributed by atoms with Gasteiger partial charge in [-0.15, -0.1) is 5.10 Å². The number of benzene rings is 1. The quantitative estimate of drug-likeness (QED) is 0.878. The fraction of sp³-hybridized carbons (Fsp3) is 0.333. The van der Waals surface area contributed by atoms with Crippen molar-refractivity contribution in [2.45, 2.75) is 25.9 Å². The Morgan fingerprint density at radius 3 is 2.88 bits per heavy atom. The highest BCUT2D eigenvalue weighted by Gasteiger charge is 2.09. The molecule has 0 aliphatic carbocycles. The van der Waals surface area contributed by atoms with E-state index in [4.69, 9.17) is 5.73 Å². The van der Waals surface area contributed by atoms with Gasteiger partial charge in [-0.2, -0.15) is 0 Å². The van der Waals surface area contributed by atoms with Gasteiger partial charge < -0.3 is 5.73 Å².